The summed E-state index contributed by atoms with van der Waals surface area (Å²) >= 11 is 0. The molecule has 2 saturated heterocycles. The molecule has 0 spiro atoms. The number of carbonyl (C=O) groups is 1. The summed E-state index contributed by atoms with van der Waals surface area (Å²) in [4.78, 5) is 14.9. The molecule has 0 radical (unpaired) electrons. The number of nitrogens with zero attached hydrogens (tertiary/aromatic N) is 2. The zero-order valence-corrected chi connectivity index (χ0v) is 19.1. The third-order valence-corrected chi connectivity index (χ3v) is 7.75. The van der Waals surface area contributed by atoms with Crippen molar-refractivity contribution in [2.45, 2.75) is 38.5 Å². The highest BCUT2D eigenvalue weighted by atomic mass is 32.2. The summed E-state index contributed by atoms with van der Waals surface area (Å²) in [6.07, 6.45) is 6.60. The van der Waals surface area contributed by atoms with Gasteiger partial charge in [0.1, 0.15) is 11.5 Å². The lowest BCUT2D eigenvalue weighted by atomic mass is 9.89. The molecule has 168 valence electrons. The standard InChI is InChI=1S/C22H34N2O5S/c1-28-20-14-18(15-21(16-20)29-2)5-4-17-6-10-23(11-7-17)22(25)19-8-12-24(13-9-19)30(3,26)27/h14-17,19H,4-13H2,1-3H3. The fourth-order valence-electron chi connectivity index (χ4n) is 4.52. The van der Waals surface area contributed by atoms with Gasteiger partial charge in [-0.05, 0) is 62.1 Å². The van der Waals surface area contributed by atoms with Gasteiger partial charge in [-0.3, -0.25) is 4.79 Å². The van der Waals surface area contributed by atoms with Crippen molar-refractivity contribution in [3.63, 3.8) is 0 Å². The van der Waals surface area contributed by atoms with Crippen LogP contribution in [0.5, 0.6) is 11.5 Å². The summed E-state index contributed by atoms with van der Waals surface area (Å²) in [6, 6.07) is 6.00. The van der Waals surface area contributed by atoms with Crippen molar-refractivity contribution in [1.29, 1.82) is 0 Å². The molecular weight excluding hydrogens is 404 g/mol. The van der Waals surface area contributed by atoms with Crippen LogP contribution in [0.25, 0.3) is 0 Å². The molecule has 2 aliphatic heterocycles. The fourth-order valence-corrected chi connectivity index (χ4v) is 5.39. The van der Waals surface area contributed by atoms with E-state index in [9.17, 15) is 13.2 Å². The molecule has 0 atom stereocenters. The first-order valence-corrected chi connectivity index (χ1v) is 12.6. The largest absolute Gasteiger partial charge is 0.497 e. The van der Waals surface area contributed by atoms with Crippen molar-refractivity contribution in [1.82, 2.24) is 9.21 Å². The second-order valence-electron chi connectivity index (χ2n) is 8.46. The lowest BCUT2D eigenvalue weighted by molar-refractivity contribution is -0.138. The predicted molar refractivity (Wildman–Crippen MR) is 116 cm³/mol. The summed E-state index contributed by atoms with van der Waals surface area (Å²) in [6.45, 7) is 2.51. The number of carbonyl (C=O) groups excluding carboxylic acids is 1. The van der Waals surface area contributed by atoms with E-state index in [0.29, 0.717) is 31.8 Å². The molecule has 0 unspecified atom stereocenters. The van der Waals surface area contributed by atoms with E-state index >= 15 is 0 Å². The maximum Gasteiger partial charge on any atom is 0.225 e. The summed E-state index contributed by atoms with van der Waals surface area (Å²) < 4.78 is 35.5. The lowest BCUT2D eigenvalue weighted by Gasteiger charge is -2.36. The van der Waals surface area contributed by atoms with Crippen molar-refractivity contribution in [3.8, 4) is 11.5 Å². The van der Waals surface area contributed by atoms with Gasteiger partial charge in [-0.15, -0.1) is 0 Å². The Bertz CT molecular complexity index is 804. The Morgan fingerprint density at radius 2 is 1.53 bits per heavy atom. The molecule has 0 aliphatic carbocycles. The molecule has 0 saturated carbocycles. The fraction of sp³-hybridized carbons (Fsp3) is 0.682. The Kier molecular flexibility index (Phi) is 7.63. The van der Waals surface area contributed by atoms with Gasteiger partial charge < -0.3 is 14.4 Å². The van der Waals surface area contributed by atoms with Gasteiger partial charge in [0.15, 0.2) is 0 Å². The van der Waals surface area contributed by atoms with Crippen LogP contribution < -0.4 is 9.47 Å². The van der Waals surface area contributed by atoms with Crippen molar-refractivity contribution in [3.05, 3.63) is 23.8 Å². The molecule has 2 aliphatic rings. The lowest BCUT2D eigenvalue weighted by Crippen LogP contribution is -2.46. The monoisotopic (exact) mass is 438 g/mol. The SMILES string of the molecule is COc1cc(CCC2CCN(C(=O)C3CCN(S(C)(=O)=O)CC3)CC2)cc(OC)c1. The Labute approximate surface area is 180 Å². The van der Waals surface area contributed by atoms with E-state index in [1.54, 1.807) is 14.2 Å². The first-order chi connectivity index (χ1) is 14.3. The minimum Gasteiger partial charge on any atom is -0.497 e. The highest BCUT2D eigenvalue weighted by Crippen LogP contribution is 2.28. The molecule has 0 aromatic heterocycles. The van der Waals surface area contributed by atoms with E-state index in [-0.39, 0.29) is 11.8 Å². The number of benzene rings is 1. The van der Waals surface area contributed by atoms with E-state index in [2.05, 4.69) is 12.1 Å². The van der Waals surface area contributed by atoms with Gasteiger partial charge >= 0.3 is 0 Å². The second-order valence-corrected chi connectivity index (χ2v) is 10.4. The van der Waals surface area contributed by atoms with Crippen molar-refractivity contribution in [2.75, 3.05) is 46.7 Å². The number of rotatable bonds is 7. The number of ether oxygens (including phenoxy) is 2. The Morgan fingerprint density at radius 1 is 0.967 bits per heavy atom. The van der Waals surface area contributed by atoms with Gasteiger partial charge in [0.25, 0.3) is 0 Å². The van der Waals surface area contributed by atoms with Gasteiger partial charge in [-0.2, -0.15) is 0 Å². The Hall–Kier alpha value is -1.80. The van der Waals surface area contributed by atoms with Crippen LogP contribution in [-0.2, 0) is 21.2 Å². The third kappa shape index (κ3) is 5.88. The van der Waals surface area contributed by atoms with Crippen LogP contribution >= 0.6 is 0 Å². The molecule has 30 heavy (non-hydrogen) atoms. The minimum atomic E-state index is -3.15. The molecule has 0 bridgehead atoms. The quantitative estimate of drug-likeness (QED) is 0.654. The van der Waals surface area contributed by atoms with E-state index in [1.807, 2.05) is 11.0 Å². The summed E-state index contributed by atoms with van der Waals surface area (Å²) in [5.41, 5.74) is 1.21. The van der Waals surface area contributed by atoms with E-state index < -0.39 is 10.0 Å². The highest BCUT2D eigenvalue weighted by molar-refractivity contribution is 7.88. The Balaban J connectivity index is 1.44. The van der Waals surface area contributed by atoms with Gasteiger partial charge in [-0.1, -0.05) is 0 Å². The molecule has 1 aromatic carbocycles. The van der Waals surface area contributed by atoms with Gasteiger partial charge in [0.2, 0.25) is 15.9 Å². The zero-order valence-electron chi connectivity index (χ0n) is 18.3. The first-order valence-electron chi connectivity index (χ1n) is 10.8. The highest BCUT2D eigenvalue weighted by Gasteiger charge is 2.32. The van der Waals surface area contributed by atoms with Gasteiger partial charge in [0, 0.05) is 38.2 Å². The number of sulfonamides is 1. The van der Waals surface area contributed by atoms with Crippen molar-refractivity contribution < 1.29 is 22.7 Å². The van der Waals surface area contributed by atoms with E-state index in [1.165, 1.54) is 16.1 Å². The summed E-state index contributed by atoms with van der Waals surface area (Å²) in [7, 11) is 0.173. The van der Waals surface area contributed by atoms with E-state index in [0.717, 1.165) is 50.3 Å². The number of amides is 1. The summed E-state index contributed by atoms with van der Waals surface area (Å²) in [5, 5.41) is 0. The van der Waals surface area contributed by atoms with Crippen LogP contribution in [0, 0.1) is 11.8 Å². The van der Waals surface area contributed by atoms with Crippen molar-refractivity contribution in [2.24, 2.45) is 11.8 Å². The van der Waals surface area contributed by atoms with Crippen LogP contribution in [0.4, 0.5) is 0 Å². The van der Waals surface area contributed by atoms with Crippen LogP contribution in [0.3, 0.4) is 0 Å². The third-order valence-electron chi connectivity index (χ3n) is 6.45. The number of piperidine rings is 2. The number of likely N-dealkylation sites (tertiary alicyclic amines) is 1. The molecule has 7 nitrogen and oxygen atoms in total. The zero-order chi connectivity index (χ0) is 21.7. The second kappa shape index (κ2) is 10.0. The molecule has 3 rings (SSSR count). The predicted octanol–water partition coefficient (Wildman–Crippen LogP) is 2.55. The number of hydrogen-bond acceptors (Lipinski definition) is 5. The molecule has 1 amide bonds. The molecule has 8 heteroatoms. The van der Waals surface area contributed by atoms with Crippen molar-refractivity contribution >= 4 is 15.9 Å². The first kappa shape index (κ1) is 22.9. The van der Waals surface area contributed by atoms with Gasteiger partial charge in [0.05, 0.1) is 20.5 Å². The molecule has 2 heterocycles. The number of hydrogen-bond donors (Lipinski definition) is 0. The van der Waals surface area contributed by atoms with Crippen LogP contribution in [0.2, 0.25) is 0 Å². The molecule has 0 N–H and O–H groups in total. The van der Waals surface area contributed by atoms with Crippen LogP contribution in [-0.4, -0.2) is 70.2 Å². The van der Waals surface area contributed by atoms with E-state index in [4.69, 9.17) is 9.47 Å². The number of methoxy groups -OCH3 is 2. The maximum atomic E-state index is 12.9. The minimum absolute atomic E-state index is 0.0381. The smallest absolute Gasteiger partial charge is 0.225 e. The summed E-state index contributed by atoms with van der Waals surface area (Å²) in [5.74, 6) is 2.40. The maximum absolute atomic E-state index is 12.9. The normalized spacial score (nSPS) is 19.6. The molecule has 2 fully saturated rings. The average molecular weight is 439 g/mol. The Morgan fingerprint density at radius 3 is 2.03 bits per heavy atom. The van der Waals surface area contributed by atoms with Crippen LogP contribution in [0.1, 0.15) is 37.7 Å². The van der Waals surface area contributed by atoms with Gasteiger partial charge in [-0.25, -0.2) is 12.7 Å². The average Bonchev–Trinajstić information content (AvgIpc) is 2.76. The van der Waals surface area contributed by atoms with Crippen LogP contribution in [0.15, 0.2) is 18.2 Å². The topological polar surface area (TPSA) is 76.2 Å². The number of aryl methyl sites for hydroxylation is 1. The molecular formula is C22H34N2O5S. The molecule has 1 aromatic rings.